The Hall–Kier alpha value is -3.22. The third-order valence-electron chi connectivity index (χ3n) is 5.22. The molecule has 1 aliphatic heterocycles. The number of hydrogen-bond acceptors (Lipinski definition) is 6. The fourth-order valence-electron chi connectivity index (χ4n) is 3.39. The Labute approximate surface area is 177 Å². The molecule has 7 heteroatoms. The highest BCUT2D eigenvalue weighted by Gasteiger charge is 2.42. The summed E-state index contributed by atoms with van der Waals surface area (Å²) in [6.45, 7) is 11.0. The van der Waals surface area contributed by atoms with E-state index in [2.05, 4.69) is 28.9 Å². The predicted molar refractivity (Wildman–Crippen MR) is 117 cm³/mol. The molecule has 0 bridgehead atoms. The summed E-state index contributed by atoms with van der Waals surface area (Å²) in [5.74, 6) is -0.246. The number of amides is 1. The van der Waals surface area contributed by atoms with Gasteiger partial charge in [-0.05, 0) is 70.5 Å². The van der Waals surface area contributed by atoms with Gasteiger partial charge >= 0.3 is 0 Å². The molecule has 1 amide bonds. The fraction of sp³-hybridized carbons (Fsp3) is 0.391. The van der Waals surface area contributed by atoms with Gasteiger partial charge < -0.3 is 9.74 Å². The highest BCUT2D eigenvalue weighted by atomic mass is 16.7. The van der Waals surface area contributed by atoms with E-state index in [1.54, 1.807) is 32.2 Å². The molecule has 1 aliphatic rings. The van der Waals surface area contributed by atoms with E-state index in [4.69, 9.17) is 4.84 Å². The van der Waals surface area contributed by atoms with Crippen LogP contribution in [0, 0.1) is 6.92 Å². The number of carbonyl (C=O) groups is 2. The minimum absolute atomic E-state index is 0.134. The lowest BCUT2D eigenvalue weighted by Crippen LogP contribution is -2.54. The lowest BCUT2D eigenvalue weighted by molar-refractivity contribution is -0.153. The molecule has 0 spiro atoms. The summed E-state index contributed by atoms with van der Waals surface area (Å²) in [6.07, 6.45) is 1.63. The molecule has 2 heterocycles. The standard InChI is InChI=1S/C23H28N4O3/c1-6-26(7-2)18-12-10-17(11-13-18)19(28)15-27-21(20-16(3)9-8-14-24-20)25-30-23(4,5)22(27)29/h8-14H,6-7,15H2,1-5H3. The molecule has 7 nitrogen and oxygen atoms in total. The summed E-state index contributed by atoms with van der Waals surface area (Å²) in [7, 11) is 0. The van der Waals surface area contributed by atoms with Crippen molar-refractivity contribution in [2.24, 2.45) is 5.16 Å². The number of amidine groups is 1. The number of oxime groups is 1. The average molecular weight is 409 g/mol. The number of ketones is 1. The molecule has 158 valence electrons. The van der Waals surface area contributed by atoms with Crippen LogP contribution in [0.3, 0.4) is 0 Å². The van der Waals surface area contributed by atoms with Gasteiger partial charge in [-0.3, -0.25) is 19.5 Å². The number of rotatable bonds is 7. The van der Waals surface area contributed by atoms with Crippen LogP contribution < -0.4 is 4.90 Å². The van der Waals surface area contributed by atoms with E-state index in [1.807, 2.05) is 31.2 Å². The normalized spacial score (nSPS) is 15.4. The van der Waals surface area contributed by atoms with Crippen molar-refractivity contribution in [3.05, 3.63) is 59.4 Å². The Morgan fingerprint density at radius 3 is 2.40 bits per heavy atom. The largest absolute Gasteiger partial charge is 0.378 e. The molecule has 0 radical (unpaired) electrons. The third-order valence-corrected chi connectivity index (χ3v) is 5.22. The Bertz CT molecular complexity index is 963. The summed E-state index contributed by atoms with van der Waals surface area (Å²) in [4.78, 5) is 39.4. The minimum Gasteiger partial charge on any atom is -0.378 e. The van der Waals surface area contributed by atoms with Gasteiger partial charge in [-0.2, -0.15) is 0 Å². The second-order valence-corrected chi connectivity index (χ2v) is 7.72. The van der Waals surface area contributed by atoms with E-state index < -0.39 is 5.60 Å². The first-order chi connectivity index (χ1) is 14.3. The highest BCUT2D eigenvalue weighted by Crippen LogP contribution is 2.24. The molecule has 1 aromatic carbocycles. The van der Waals surface area contributed by atoms with Gasteiger partial charge in [-0.25, -0.2) is 0 Å². The van der Waals surface area contributed by atoms with Crippen molar-refractivity contribution in [1.29, 1.82) is 0 Å². The SMILES string of the molecule is CCN(CC)c1ccc(C(=O)CN2C(=O)C(C)(C)ON=C2c2ncccc2C)cc1. The number of pyridine rings is 1. The van der Waals surface area contributed by atoms with Crippen LogP contribution in [0.25, 0.3) is 0 Å². The number of aromatic nitrogens is 1. The van der Waals surface area contributed by atoms with Crippen molar-refractivity contribution in [1.82, 2.24) is 9.88 Å². The molecule has 0 atom stereocenters. The molecule has 0 aliphatic carbocycles. The van der Waals surface area contributed by atoms with Crippen LogP contribution in [0.4, 0.5) is 5.69 Å². The van der Waals surface area contributed by atoms with Crippen LogP contribution in [-0.4, -0.2) is 52.6 Å². The van der Waals surface area contributed by atoms with Crippen LogP contribution in [-0.2, 0) is 9.63 Å². The summed E-state index contributed by atoms with van der Waals surface area (Å²) in [5.41, 5.74) is 1.81. The maximum absolute atomic E-state index is 13.1. The molecular formula is C23H28N4O3. The smallest absolute Gasteiger partial charge is 0.275 e. The zero-order chi connectivity index (χ0) is 21.9. The first-order valence-corrected chi connectivity index (χ1v) is 10.2. The minimum atomic E-state index is -1.15. The van der Waals surface area contributed by atoms with Crippen LogP contribution in [0.1, 0.15) is 49.3 Å². The van der Waals surface area contributed by atoms with E-state index in [-0.39, 0.29) is 24.1 Å². The number of anilines is 1. The van der Waals surface area contributed by atoms with E-state index in [0.717, 1.165) is 24.3 Å². The zero-order valence-corrected chi connectivity index (χ0v) is 18.2. The average Bonchev–Trinajstić information content (AvgIpc) is 2.74. The Morgan fingerprint density at radius 1 is 1.13 bits per heavy atom. The van der Waals surface area contributed by atoms with Crippen LogP contribution in [0.2, 0.25) is 0 Å². The maximum Gasteiger partial charge on any atom is 0.275 e. The number of benzene rings is 1. The predicted octanol–water partition coefficient (Wildman–Crippen LogP) is 3.42. The first-order valence-electron chi connectivity index (χ1n) is 10.2. The second kappa shape index (κ2) is 8.65. The van der Waals surface area contributed by atoms with Crippen molar-refractivity contribution < 1.29 is 14.4 Å². The zero-order valence-electron chi connectivity index (χ0n) is 18.2. The van der Waals surface area contributed by atoms with Gasteiger partial charge in [0.15, 0.2) is 5.78 Å². The first kappa shape index (κ1) is 21.5. The quantitative estimate of drug-likeness (QED) is 0.656. The van der Waals surface area contributed by atoms with E-state index in [1.165, 1.54) is 4.90 Å². The summed E-state index contributed by atoms with van der Waals surface area (Å²) in [6, 6.07) is 11.2. The van der Waals surface area contributed by atoms with Gasteiger partial charge in [0.2, 0.25) is 11.4 Å². The van der Waals surface area contributed by atoms with Gasteiger partial charge in [-0.15, -0.1) is 0 Å². The monoisotopic (exact) mass is 408 g/mol. The topological polar surface area (TPSA) is 75.1 Å². The molecule has 0 saturated carbocycles. The molecule has 3 rings (SSSR count). The van der Waals surface area contributed by atoms with E-state index in [0.29, 0.717) is 11.3 Å². The van der Waals surface area contributed by atoms with Gasteiger partial charge in [0, 0.05) is 30.5 Å². The lowest BCUT2D eigenvalue weighted by atomic mass is 10.0. The number of nitrogens with zero attached hydrogens (tertiary/aromatic N) is 4. The molecule has 2 aromatic rings. The van der Waals surface area contributed by atoms with Gasteiger partial charge in [0.05, 0.1) is 6.54 Å². The second-order valence-electron chi connectivity index (χ2n) is 7.72. The number of carbonyl (C=O) groups excluding carboxylic acids is 2. The van der Waals surface area contributed by atoms with Crippen molar-refractivity contribution in [3.63, 3.8) is 0 Å². The van der Waals surface area contributed by atoms with Crippen molar-refractivity contribution in [2.45, 2.75) is 40.2 Å². The summed E-state index contributed by atoms with van der Waals surface area (Å²) >= 11 is 0. The summed E-state index contributed by atoms with van der Waals surface area (Å²) < 4.78 is 0. The fourth-order valence-corrected chi connectivity index (χ4v) is 3.39. The summed E-state index contributed by atoms with van der Waals surface area (Å²) in [5, 5.41) is 4.15. The van der Waals surface area contributed by atoms with Crippen molar-refractivity contribution in [3.8, 4) is 0 Å². The van der Waals surface area contributed by atoms with Crippen molar-refractivity contribution >= 4 is 23.2 Å². The number of hydrogen-bond donors (Lipinski definition) is 0. The Kier molecular flexibility index (Phi) is 6.20. The molecular weight excluding hydrogens is 380 g/mol. The van der Waals surface area contributed by atoms with Gasteiger partial charge in [-0.1, -0.05) is 11.2 Å². The molecule has 0 saturated heterocycles. The molecule has 0 N–H and O–H groups in total. The maximum atomic E-state index is 13.1. The molecule has 1 aromatic heterocycles. The van der Waals surface area contributed by atoms with E-state index in [9.17, 15) is 9.59 Å². The van der Waals surface area contributed by atoms with Crippen molar-refractivity contribution in [2.75, 3.05) is 24.5 Å². The van der Waals surface area contributed by atoms with Crippen LogP contribution in [0.5, 0.6) is 0 Å². The van der Waals surface area contributed by atoms with Gasteiger partial charge in [0.1, 0.15) is 5.69 Å². The molecule has 0 fully saturated rings. The number of aryl methyl sites for hydroxylation is 1. The Morgan fingerprint density at radius 2 is 1.80 bits per heavy atom. The lowest BCUT2D eigenvalue weighted by Gasteiger charge is -2.34. The highest BCUT2D eigenvalue weighted by molar-refractivity contribution is 6.13. The van der Waals surface area contributed by atoms with E-state index >= 15 is 0 Å². The molecule has 0 unspecified atom stereocenters. The van der Waals surface area contributed by atoms with Crippen LogP contribution in [0.15, 0.2) is 47.8 Å². The molecule has 30 heavy (non-hydrogen) atoms. The van der Waals surface area contributed by atoms with Gasteiger partial charge in [0.25, 0.3) is 5.91 Å². The third kappa shape index (κ3) is 4.20. The number of Topliss-reactive ketones (excluding diaryl/α,β-unsaturated/α-hetero) is 1. The van der Waals surface area contributed by atoms with Crippen LogP contribution >= 0.6 is 0 Å². The Balaban J connectivity index is 1.89.